The number of halogens is 1. The van der Waals surface area contributed by atoms with E-state index < -0.39 is 5.97 Å². The van der Waals surface area contributed by atoms with Crippen molar-refractivity contribution in [3.63, 3.8) is 0 Å². The molecule has 0 fully saturated rings. The molecule has 94 valence electrons. The van der Waals surface area contributed by atoms with Crippen molar-refractivity contribution in [2.45, 2.75) is 20.8 Å². The molecule has 0 atom stereocenters. The Balaban J connectivity index is 2.63. The minimum Gasteiger partial charge on any atom is -0.476 e. The van der Waals surface area contributed by atoms with Gasteiger partial charge in [-0.2, -0.15) is 0 Å². The smallest absolute Gasteiger partial charge is 0.359 e. The second-order valence-electron chi connectivity index (χ2n) is 4.23. The van der Waals surface area contributed by atoms with E-state index in [4.69, 9.17) is 9.63 Å². The van der Waals surface area contributed by atoms with E-state index in [0.717, 1.165) is 16.7 Å². The third-order valence-electron chi connectivity index (χ3n) is 2.92. The van der Waals surface area contributed by atoms with Crippen LogP contribution in [0.4, 0.5) is 0 Å². The van der Waals surface area contributed by atoms with Crippen LogP contribution in [0.1, 0.15) is 27.2 Å². The number of hydrogen-bond donors (Lipinski definition) is 1. The van der Waals surface area contributed by atoms with Crippen molar-refractivity contribution >= 4 is 21.9 Å². The van der Waals surface area contributed by atoms with Crippen molar-refractivity contribution in [2.75, 3.05) is 0 Å². The first-order valence-electron chi connectivity index (χ1n) is 5.38. The van der Waals surface area contributed by atoms with E-state index in [0.29, 0.717) is 10.2 Å². The molecule has 2 aromatic rings. The Kier molecular flexibility index (Phi) is 3.26. The number of carbonyl (C=O) groups is 1. The van der Waals surface area contributed by atoms with Crippen LogP contribution in [-0.2, 0) is 0 Å². The minimum absolute atomic E-state index is 0.109. The average Bonchev–Trinajstić information content (AvgIpc) is 2.66. The van der Waals surface area contributed by atoms with Crippen LogP contribution in [0.15, 0.2) is 21.1 Å². The highest BCUT2D eigenvalue weighted by Crippen LogP contribution is 2.34. The van der Waals surface area contributed by atoms with Gasteiger partial charge in [0.15, 0.2) is 5.76 Å². The summed E-state index contributed by atoms with van der Waals surface area (Å²) in [5.74, 6) is -0.661. The largest absolute Gasteiger partial charge is 0.476 e. The quantitative estimate of drug-likeness (QED) is 0.918. The molecule has 0 radical (unpaired) electrons. The number of aromatic carboxylic acids is 1. The fourth-order valence-corrected chi connectivity index (χ4v) is 2.31. The lowest BCUT2D eigenvalue weighted by Crippen LogP contribution is -1.96. The van der Waals surface area contributed by atoms with E-state index in [1.807, 2.05) is 32.9 Å². The van der Waals surface area contributed by atoms with Crippen molar-refractivity contribution < 1.29 is 14.4 Å². The molecular weight excluding hydrogens is 298 g/mol. The van der Waals surface area contributed by atoms with Crippen molar-refractivity contribution in [2.24, 2.45) is 0 Å². The molecule has 1 aromatic carbocycles. The van der Waals surface area contributed by atoms with Gasteiger partial charge in [-0.25, -0.2) is 4.79 Å². The highest BCUT2D eigenvalue weighted by Gasteiger charge is 2.21. The zero-order chi connectivity index (χ0) is 13.4. The van der Waals surface area contributed by atoms with Gasteiger partial charge >= 0.3 is 5.97 Å². The monoisotopic (exact) mass is 309 g/mol. The Morgan fingerprint density at radius 3 is 2.39 bits per heavy atom. The summed E-state index contributed by atoms with van der Waals surface area (Å²) in [6.45, 7) is 5.99. The van der Waals surface area contributed by atoms with Crippen molar-refractivity contribution in [3.05, 3.63) is 39.0 Å². The summed E-state index contributed by atoms with van der Waals surface area (Å²) >= 11 is 3.23. The second kappa shape index (κ2) is 4.57. The zero-order valence-electron chi connectivity index (χ0n) is 10.2. The predicted molar refractivity (Wildman–Crippen MR) is 70.8 cm³/mol. The molecule has 1 heterocycles. The molecule has 18 heavy (non-hydrogen) atoms. The van der Waals surface area contributed by atoms with E-state index in [9.17, 15) is 4.79 Å². The molecule has 0 bridgehead atoms. The molecule has 2 rings (SSSR count). The topological polar surface area (TPSA) is 63.3 Å². The number of nitrogens with zero attached hydrogens (tertiary/aromatic N) is 1. The van der Waals surface area contributed by atoms with Gasteiger partial charge in [0.05, 0.1) is 0 Å². The first kappa shape index (κ1) is 12.8. The first-order chi connectivity index (χ1) is 8.41. The van der Waals surface area contributed by atoms with Crippen LogP contribution in [0.2, 0.25) is 0 Å². The summed E-state index contributed by atoms with van der Waals surface area (Å²) in [6.07, 6.45) is 0. The highest BCUT2D eigenvalue weighted by molar-refractivity contribution is 9.10. The Bertz CT molecular complexity index is 631. The second-order valence-corrected chi connectivity index (χ2v) is 5.02. The van der Waals surface area contributed by atoms with Gasteiger partial charge in [0.1, 0.15) is 4.47 Å². The fourth-order valence-electron chi connectivity index (χ4n) is 1.78. The maximum Gasteiger partial charge on any atom is 0.359 e. The minimum atomic E-state index is -1.11. The van der Waals surface area contributed by atoms with Gasteiger partial charge in [0.2, 0.25) is 5.69 Å². The van der Waals surface area contributed by atoms with Gasteiger partial charge in [-0.15, -0.1) is 0 Å². The lowest BCUT2D eigenvalue weighted by atomic mass is 9.99. The number of aryl methyl sites for hydroxylation is 3. The predicted octanol–water partition coefficient (Wildman–Crippen LogP) is 3.73. The van der Waals surface area contributed by atoms with Gasteiger partial charge in [0.25, 0.3) is 0 Å². The number of carboxylic acid groups (broad SMARTS) is 1. The van der Waals surface area contributed by atoms with Crippen LogP contribution in [0.3, 0.4) is 0 Å². The van der Waals surface area contributed by atoms with Crippen molar-refractivity contribution in [1.29, 1.82) is 0 Å². The van der Waals surface area contributed by atoms with E-state index in [-0.39, 0.29) is 5.69 Å². The third-order valence-corrected chi connectivity index (χ3v) is 3.66. The Labute approximate surface area is 113 Å². The van der Waals surface area contributed by atoms with E-state index in [1.165, 1.54) is 5.56 Å². The summed E-state index contributed by atoms with van der Waals surface area (Å²) in [7, 11) is 0. The number of carboxylic acids is 1. The fraction of sp³-hybridized carbons (Fsp3) is 0.231. The standard InChI is InChI=1S/C13H12BrNO3/c1-6-4-8(3)9(5-7(6)2)12-10(14)11(13(16)17)15-18-12/h4-5H,1-3H3,(H,16,17). The van der Waals surface area contributed by atoms with Crippen molar-refractivity contribution in [3.8, 4) is 11.3 Å². The van der Waals surface area contributed by atoms with Gasteiger partial charge in [-0.1, -0.05) is 11.2 Å². The van der Waals surface area contributed by atoms with Crippen LogP contribution in [0, 0.1) is 20.8 Å². The zero-order valence-corrected chi connectivity index (χ0v) is 11.8. The third kappa shape index (κ3) is 2.06. The SMILES string of the molecule is Cc1cc(C)c(-c2onc(C(=O)O)c2Br)cc1C. The summed E-state index contributed by atoms with van der Waals surface area (Å²) < 4.78 is 5.52. The number of rotatable bonds is 2. The molecule has 1 aromatic heterocycles. The number of benzene rings is 1. The van der Waals surface area contributed by atoms with Crippen LogP contribution in [0.25, 0.3) is 11.3 Å². The average molecular weight is 310 g/mol. The molecule has 0 aliphatic heterocycles. The lowest BCUT2D eigenvalue weighted by Gasteiger charge is -2.07. The van der Waals surface area contributed by atoms with E-state index in [2.05, 4.69) is 21.1 Å². The molecule has 0 saturated heterocycles. The van der Waals surface area contributed by atoms with Crippen LogP contribution < -0.4 is 0 Å². The van der Waals surface area contributed by atoms with Gasteiger partial charge in [0, 0.05) is 5.56 Å². The first-order valence-corrected chi connectivity index (χ1v) is 6.17. The molecule has 1 N–H and O–H groups in total. The lowest BCUT2D eigenvalue weighted by molar-refractivity contribution is 0.0685. The van der Waals surface area contributed by atoms with E-state index >= 15 is 0 Å². The van der Waals surface area contributed by atoms with E-state index in [1.54, 1.807) is 0 Å². The molecule has 0 spiro atoms. The van der Waals surface area contributed by atoms with Gasteiger partial charge in [-0.05, 0) is 59.5 Å². The van der Waals surface area contributed by atoms with Gasteiger partial charge < -0.3 is 9.63 Å². The van der Waals surface area contributed by atoms with Gasteiger partial charge in [-0.3, -0.25) is 0 Å². The normalized spacial score (nSPS) is 10.7. The Hall–Kier alpha value is -1.62. The molecular formula is C13H12BrNO3. The summed E-state index contributed by atoms with van der Waals surface area (Å²) in [5.41, 5.74) is 4.07. The molecule has 4 nitrogen and oxygen atoms in total. The number of aromatic nitrogens is 1. The summed E-state index contributed by atoms with van der Waals surface area (Å²) in [4.78, 5) is 10.9. The molecule has 0 unspecified atom stereocenters. The van der Waals surface area contributed by atoms with Crippen LogP contribution >= 0.6 is 15.9 Å². The summed E-state index contributed by atoms with van der Waals surface area (Å²) in [5, 5.41) is 12.5. The molecule has 0 amide bonds. The molecule has 0 aliphatic rings. The highest BCUT2D eigenvalue weighted by atomic mass is 79.9. The molecule has 0 aliphatic carbocycles. The maximum atomic E-state index is 10.9. The molecule has 0 saturated carbocycles. The van der Waals surface area contributed by atoms with Crippen LogP contribution in [0.5, 0.6) is 0 Å². The molecule has 5 heteroatoms. The Morgan fingerprint density at radius 2 is 1.83 bits per heavy atom. The van der Waals surface area contributed by atoms with Crippen LogP contribution in [-0.4, -0.2) is 16.2 Å². The van der Waals surface area contributed by atoms with Crippen molar-refractivity contribution in [1.82, 2.24) is 5.16 Å². The number of hydrogen-bond acceptors (Lipinski definition) is 3. The summed E-state index contributed by atoms with van der Waals surface area (Å²) in [6, 6.07) is 4.02. The maximum absolute atomic E-state index is 10.9. The Morgan fingerprint density at radius 1 is 1.22 bits per heavy atom.